The molecule has 0 aliphatic rings. The van der Waals surface area contributed by atoms with Crippen LogP contribution in [0.5, 0.6) is 23.0 Å². The number of carbonyl (C=O) groups is 2. The van der Waals surface area contributed by atoms with E-state index in [-0.39, 0.29) is 30.3 Å². The number of rotatable bonds is 10. The molecule has 0 unspecified atom stereocenters. The summed E-state index contributed by atoms with van der Waals surface area (Å²) in [6.45, 7) is 2.54. The fourth-order valence-electron chi connectivity index (χ4n) is 4.43. The van der Waals surface area contributed by atoms with E-state index in [1.54, 1.807) is 24.3 Å². The van der Waals surface area contributed by atoms with Crippen LogP contribution in [-0.2, 0) is 24.4 Å². The van der Waals surface area contributed by atoms with E-state index in [2.05, 4.69) is 10.9 Å². The van der Waals surface area contributed by atoms with Gasteiger partial charge in [-0.25, -0.2) is 10.2 Å². The fourth-order valence-corrected chi connectivity index (χ4v) is 4.43. The van der Waals surface area contributed by atoms with Gasteiger partial charge in [0.2, 0.25) is 5.91 Å². The van der Waals surface area contributed by atoms with E-state index in [0.29, 0.717) is 23.5 Å². The van der Waals surface area contributed by atoms with E-state index in [1.807, 2.05) is 91.9 Å². The maximum absolute atomic E-state index is 13.0. The summed E-state index contributed by atoms with van der Waals surface area (Å²) >= 11 is 0. The van der Waals surface area contributed by atoms with Crippen molar-refractivity contribution in [1.29, 1.82) is 0 Å². The maximum atomic E-state index is 13.0. The van der Waals surface area contributed by atoms with Crippen molar-refractivity contribution in [2.75, 3.05) is 0 Å². The molecule has 0 saturated heterocycles. The SMILES string of the molecule is Cc1ccc(-c2cc(OCc3ccccc3)cc(OCc3ccccc3)c2OC(=O)NNC(=O)Cc2cccc(O)c2)cc1. The Morgan fingerprint density at radius 2 is 1.32 bits per heavy atom. The van der Waals surface area contributed by atoms with Crippen molar-refractivity contribution in [3.8, 4) is 34.1 Å². The molecule has 0 aliphatic heterocycles. The lowest BCUT2D eigenvalue weighted by atomic mass is 10.0. The van der Waals surface area contributed by atoms with Gasteiger partial charge in [0, 0.05) is 11.6 Å². The number of ether oxygens (including phenoxy) is 3. The third-order valence-electron chi connectivity index (χ3n) is 6.65. The highest BCUT2D eigenvalue weighted by atomic mass is 16.6. The van der Waals surface area contributed by atoms with Crippen molar-refractivity contribution >= 4 is 12.0 Å². The van der Waals surface area contributed by atoms with Gasteiger partial charge in [0.1, 0.15) is 24.7 Å². The highest BCUT2D eigenvalue weighted by Crippen LogP contribution is 2.42. The van der Waals surface area contributed by atoms with E-state index in [0.717, 1.165) is 22.3 Å². The lowest BCUT2D eigenvalue weighted by Gasteiger charge is -2.19. The number of hydrogen-bond donors (Lipinski definition) is 3. The number of aryl methyl sites for hydroxylation is 1. The van der Waals surface area contributed by atoms with Gasteiger partial charge < -0.3 is 19.3 Å². The predicted molar refractivity (Wildman–Crippen MR) is 167 cm³/mol. The van der Waals surface area contributed by atoms with Crippen LogP contribution in [0.1, 0.15) is 22.3 Å². The van der Waals surface area contributed by atoms with Gasteiger partial charge in [-0.1, -0.05) is 103 Å². The van der Waals surface area contributed by atoms with Crippen LogP contribution in [0.15, 0.2) is 121 Å². The summed E-state index contributed by atoms with van der Waals surface area (Å²) in [5.74, 6) is 0.537. The first kappa shape index (κ1) is 29.7. The lowest BCUT2D eigenvalue weighted by Crippen LogP contribution is -2.43. The maximum Gasteiger partial charge on any atom is 0.431 e. The van der Waals surface area contributed by atoms with Gasteiger partial charge in [-0.05, 0) is 47.4 Å². The number of hydrogen-bond acceptors (Lipinski definition) is 6. The Morgan fingerprint density at radius 1 is 0.682 bits per heavy atom. The molecule has 0 heterocycles. The zero-order valence-corrected chi connectivity index (χ0v) is 24.2. The number of phenolic OH excluding ortho intramolecular Hbond substituents is 1. The number of phenols is 1. The quantitative estimate of drug-likeness (QED) is 0.154. The summed E-state index contributed by atoms with van der Waals surface area (Å²) in [5, 5.41) is 9.65. The monoisotopic (exact) mass is 588 g/mol. The Bertz CT molecular complexity index is 1710. The van der Waals surface area contributed by atoms with Gasteiger partial charge in [-0.15, -0.1) is 0 Å². The fraction of sp³-hybridized carbons (Fsp3) is 0.111. The van der Waals surface area contributed by atoms with Crippen molar-refractivity contribution in [3.63, 3.8) is 0 Å². The normalized spacial score (nSPS) is 10.5. The largest absolute Gasteiger partial charge is 0.508 e. The smallest absolute Gasteiger partial charge is 0.431 e. The molecule has 5 aromatic carbocycles. The first-order valence-electron chi connectivity index (χ1n) is 14.1. The van der Waals surface area contributed by atoms with E-state index in [9.17, 15) is 14.7 Å². The van der Waals surface area contributed by atoms with Crippen LogP contribution in [0.3, 0.4) is 0 Å². The molecule has 3 N–H and O–H groups in total. The molecule has 5 rings (SSSR count). The summed E-state index contributed by atoms with van der Waals surface area (Å²) in [6, 6.07) is 37.0. The average Bonchev–Trinajstić information content (AvgIpc) is 3.04. The predicted octanol–water partition coefficient (Wildman–Crippen LogP) is 6.89. The van der Waals surface area contributed by atoms with Crippen LogP contribution in [0.2, 0.25) is 0 Å². The Labute approximate surface area is 255 Å². The van der Waals surface area contributed by atoms with E-state index in [4.69, 9.17) is 14.2 Å². The molecule has 222 valence electrons. The summed E-state index contributed by atoms with van der Waals surface area (Å²) in [6.07, 6.45) is -0.965. The summed E-state index contributed by atoms with van der Waals surface area (Å²) in [7, 11) is 0. The second-order valence-corrected chi connectivity index (χ2v) is 10.1. The molecule has 2 amide bonds. The van der Waals surface area contributed by atoms with Gasteiger partial charge in [0.05, 0.1) is 6.42 Å². The second-order valence-electron chi connectivity index (χ2n) is 10.1. The molecule has 0 aromatic heterocycles. The molecule has 0 radical (unpaired) electrons. The third-order valence-corrected chi connectivity index (χ3v) is 6.65. The standard InChI is InChI=1S/C36H32N2O6/c1-25-15-17-29(18-16-25)32-21-31(42-23-26-9-4-2-5-10-26)22-33(43-24-27-11-6-3-7-12-27)35(32)44-36(41)38-37-34(40)20-28-13-8-14-30(39)19-28/h2-19,21-22,39H,20,23-24H2,1H3,(H,37,40)(H,38,41). The molecule has 0 bridgehead atoms. The molecule has 0 atom stereocenters. The second kappa shape index (κ2) is 14.4. The van der Waals surface area contributed by atoms with Crippen molar-refractivity contribution in [1.82, 2.24) is 10.9 Å². The van der Waals surface area contributed by atoms with Crippen LogP contribution >= 0.6 is 0 Å². The van der Waals surface area contributed by atoms with Crippen LogP contribution in [0.25, 0.3) is 11.1 Å². The van der Waals surface area contributed by atoms with Crippen LogP contribution in [0.4, 0.5) is 4.79 Å². The highest BCUT2D eigenvalue weighted by Gasteiger charge is 2.20. The Hall–Kier alpha value is -5.76. The van der Waals surface area contributed by atoms with Gasteiger partial charge in [-0.2, -0.15) is 0 Å². The molecule has 8 heteroatoms. The van der Waals surface area contributed by atoms with Gasteiger partial charge >= 0.3 is 6.09 Å². The van der Waals surface area contributed by atoms with E-state index < -0.39 is 12.0 Å². The Kier molecular flexibility index (Phi) is 9.74. The summed E-state index contributed by atoms with van der Waals surface area (Å²) in [4.78, 5) is 25.5. The van der Waals surface area contributed by atoms with Crippen LogP contribution < -0.4 is 25.1 Å². The molecule has 8 nitrogen and oxygen atoms in total. The van der Waals surface area contributed by atoms with Crippen LogP contribution in [0, 0.1) is 6.92 Å². The molecule has 5 aromatic rings. The molecular weight excluding hydrogens is 556 g/mol. The Balaban J connectivity index is 1.42. The first-order chi connectivity index (χ1) is 21.4. The van der Waals surface area contributed by atoms with Crippen molar-refractivity contribution in [2.45, 2.75) is 26.6 Å². The number of aromatic hydroxyl groups is 1. The molecule has 0 spiro atoms. The van der Waals surface area contributed by atoms with Gasteiger partial charge in [0.15, 0.2) is 11.5 Å². The minimum Gasteiger partial charge on any atom is -0.508 e. The summed E-state index contributed by atoms with van der Waals surface area (Å²) in [5.41, 5.74) is 9.59. The molecule has 0 saturated carbocycles. The lowest BCUT2D eigenvalue weighted by molar-refractivity contribution is -0.121. The molecule has 0 aliphatic carbocycles. The minimum absolute atomic E-state index is 0.0468. The topological polar surface area (TPSA) is 106 Å². The van der Waals surface area contributed by atoms with E-state index >= 15 is 0 Å². The van der Waals surface area contributed by atoms with Crippen LogP contribution in [-0.4, -0.2) is 17.1 Å². The minimum atomic E-state index is -0.912. The molecule has 0 fully saturated rings. The number of hydrazine groups is 1. The molecule has 44 heavy (non-hydrogen) atoms. The van der Waals surface area contributed by atoms with Crippen molar-refractivity contribution in [3.05, 3.63) is 144 Å². The van der Waals surface area contributed by atoms with Gasteiger partial charge in [-0.3, -0.25) is 10.2 Å². The zero-order chi connectivity index (χ0) is 30.7. The van der Waals surface area contributed by atoms with Crippen molar-refractivity contribution in [2.24, 2.45) is 0 Å². The first-order valence-corrected chi connectivity index (χ1v) is 14.1. The number of nitrogens with one attached hydrogen (secondary N) is 2. The summed E-state index contributed by atoms with van der Waals surface area (Å²) < 4.78 is 18.2. The van der Waals surface area contributed by atoms with Crippen molar-refractivity contribution < 1.29 is 28.9 Å². The Morgan fingerprint density at radius 3 is 1.98 bits per heavy atom. The number of amides is 2. The van der Waals surface area contributed by atoms with Gasteiger partial charge in [0.25, 0.3) is 0 Å². The van der Waals surface area contributed by atoms with E-state index in [1.165, 1.54) is 12.1 Å². The molecular formula is C36H32N2O6. The third kappa shape index (κ3) is 8.39. The number of carbonyl (C=O) groups excluding carboxylic acids is 2. The zero-order valence-electron chi connectivity index (χ0n) is 24.2. The average molecular weight is 589 g/mol. The highest BCUT2D eigenvalue weighted by molar-refractivity contribution is 5.84. The number of benzene rings is 5.